The average Bonchev–Trinajstić information content (AvgIpc) is 3.29. The summed E-state index contributed by atoms with van der Waals surface area (Å²) in [5.74, 6) is -2.37. The molecule has 2 saturated carbocycles. The second-order valence-electron chi connectivity index (χ2n) is 13.5. The van der Waals surface area contributed by atoms with Crippen LogP contribution in [0.25, 0.3) is 0 Å². The fourth-order valence-corrected chi connectivity index (χ4v) is 9.70. The summed E-state index contributed by atoms with van der Waals surface area (Å²) in [6, 6.07) is 7.75. The molecule has 3 unspecified atom stereocenters. The number of amides is 2. The first-order valence-corrected chi connectivity index (χ1v) is 15.6. The summed E-state index contributed by atoms with van der Waals surface area (Å²) in [4.78, 5) is 26.6. The molecule has 1 aliphatic heterocycles. The predicted octanol–water partition coefficient (Wildman–Crippen LogP) is 5.61. The molecule has 1 saturated heterocycles. The summed E-state index contributed by atoms with van der Waals surface area (Å²) < 4.78 is 49.5. The second kappa shape index (κ2) is 10.2. The molecule has 4 rings (SSSR count). The van der Waals surface area contributed by atoms with Crippen molar-refractivity contribution in [2.24, 2.45) is 28.6 Å². The first kappa shape index (κ1) is 29.6. The van der Waals surface area contributed by atoms with Crippen LogP contribution in [0.3, 0.4) is 0 Å². The van der Waals surface area contributed by atoms with E-state index in [0.29, 0.717) is 12.3 Å². The zero-order chi connectivity index (χ0) is 29.0. The Hall–Kier alpha value is -2.42. The van der Waals surface area contributed by atoms with E-state index < -0.39 is 56.9 Å². The summed E-state index contributed by atoms with van der Waals surface area (Å²) in [5.41, 5.74) is -0.618. The summed E-state index contributed by atoms with van der Waals surface area (Å²) in [6.07, 6.45) is 2.98. The normalized spacial score (nSPS) is 28.7. The Balaban J connectivity index is 1.68. The Kier molecular flexibility index (Phi) is 7.73. The van der Waals surface area contributed by atoms with Gasteiger partial charge in [-0.05, 0) is 75.3 Å². The van der Waals surface area contributed by atoms with Crippen molar-refractivity contribution in [3.05, 3.63) is 47.8 Å². The van der Waals surface area contributed by atoms with E-state index in [2.05, 4.69) is 19.2 Å². The standard InChI is InChI=1S/C30H43FN2O5S/c1-19(2)25(32-27(35)38-28(3,4)5)23(31)16-21(15-20-11-9-8-10-12-20)26(34)33-24-17-22-13-14-30(24,29(22,6)7)18-39(33,36)37/h8-12,16,19,21-22,24-25H,13-15,17-18H2,1-7H3,(H,32,35)/b23-16-/t21-,22?,24?,25+,30?/m0/s1. The minimum absolute atomic E-state index is 0.0427. The number of carbonyl (C=O) groups excluding carboxylic acids is 2. The molecule has 5 atom stereocenters. The summed E-state index contributed by atoms with van der Waals surface area (Å²) in [5, 5.41) is 2.59. The van der Waals surface area contributed by atoms with Gasteiger partial charge in [0.2, 0.25) is 15.9 Å². The van der Waals surface area contributed by atoms with Gasteiger partial charge in [-0.2, -0.15) is 0 Å². The van der Waals surface area contributed by atoms with Gasteiger partial charge in [-0.1, -0.05) is 58.0 Å². The molecule has 1 aromatic carbocycles. The number of fused-ring (bicyclic) bond motifs is 1. The van der Waals surface area contributed by atoms with Gasteiger partial charge in [0.25, 0.3) is 0 Å². The number of sulfonamides is 1. The number of hydrogen-bond donors (Lipinski definition) is 1. The van der Waals surface area contributed by atoms with Crippen LogP contribution in [-0.2, 0) is 26.0 Å². The van der Waals surface area contributed by atoms with E-state index >= 15 is 4.39 Å². The third kappa shape index (κ3) is 5.48. The Labute approximate surface area is 232 Å². The quantitative estimate of drug-likeness (QED) is 0.466. The molecule has 2 aliphatic carbocycles. The Morgan fingerprint density at radius 1 is 1.21 bits per heavy atom. The van der Waals surface area contributed by atoms with Crippen molar-refractivity contribution in [1.29, 1.82) is 0 Å². The van der Waals surface area contributed by atoms with Crippen LogP contribution in [0.1, 0.15) is 73.3 Å². The van der Waals surface area contributed by atoms with Gasteiger partial charge in [0, 0.05) is 5.41 Å². The molecule has 7 nitrogen and oxygen atoms in total. The fourth-order valence-electron chi connectivity index (χ4n) is 7.11. The third-order valence-electron chi connectivity index (χ3n) is 9.24. The van der Waals surface area contributed by atoms with Crippen molar-refractivity contribution in [3.63, 3.8) is 0 Å². The molecular weight excluding hydrogens is 519 g/mol. The molecule has 0 aromatic heterocycles. The number of benzene rings is 1. The van der Waals surface area contributed by atoms with Gasteiger partial charge in [0.1, 0.15) is 11.4 Å². The van der Waals surface area contributed by atoms with E-state index in [1.54, 1.807) is 34.6 Å². The lowest BCUT2D eigenvalue weighted by Crippen LogP contribution is -2.46. The molecule has 2 amide bonds. The lowest BCUT2D eigenvalue weighted by molar-refractivity contribution is -0.131. The van der Waals surface area contributed by atoms with Gasteiger partial charge in [-0.25, -0.2) is 21.9 Å². The van der Waals surface area contributed by atoms with E-state index in [-0.39, 0.29) is 23.5 Å². The minimum Gasteiger partial charge on any atom is -0.444 e. The van der Waals surface area contributed by atoms with E-state index in [4.69, 9.17) is 4.74 Å². The molecule has 1 aromatic rings. The number of alkyl carbamates (subject to hydrolysis) is 1. The number of carbonyl (C=O) groups is 2. The maximum absolute atomic E-state index is 15.9. The number of nitrogens with one attached hydrogen (secondary N) is 1. The lowest BCUT2D eigenvalue weighted by atomic mass is 9.69. The predicted molar refractivity (Wildman–Crippen MR) is 149 cm³/mol. The second-order valence-corrected chi connectivity index (χ2v) is 15.3. The van der Waals surface area contributed by atoms with E-state index in [1.165, 1.54) is 6.08 Å². The molecule has 1 N–H and O–H groups in total. The average molecular weight is 563 g/mol. The molecule has 9 heteroatoms. The van der Waals surface area contributed by atoms with Crippen LogP contribution in [0.2, 0.25) is 0 Å². The zero-order valence-electron chi connectivity index (χ0n) is 24.2. The largest absolute Gasteiger partial charge is 0.444 e. The Morgan fingerprint density at radius 3 is 2.41 bits per heavy atom. The van der Waals surface area contributed by atoms with E-state index in [0.717, 1.165) is 22.7 Å². The maximum atomic E-state index is 15.9. The van der Waals surface area contributed by atoms with Crippen LogP contribution in [0.4, 0.5) is 9.18 Å². The number of rotatable bonds is 7. The number of nitrogens with zero attached hydrogens (tertiary/aromatic N) is 1. The van der Waals surface area contributed by atoms with Gasteiger partial charge in [0.05, 0.1) is 23.8 Å². The summed E-state index contributed by atoms with van der Waals surface area (Å²) in [7, 11) is -3.87. The Bertz CT molecular complexity index is 1240. The van der Waals surface area contributed by atoms with Crippen LogP contribution >= 0.6 is 0 Å². The smallest absolute Gasteiger partial charge is 0.408 e. The third-order valence-corrected chi connectivity index (χ3v) is 11.2. The topological polar surface area (TPSA) is 92.8 Å². The summed E-state index contributed by atoms with van der Waals surface area (Å²) in [6.45, 7) is 12.9. The molecule has 216 valence electrons. The van der Waals surface area contributed by atoms with Crippen LogP contribution in [0.15, 0.2) is 42.2 Å². The van der Waals surface area contributed by atoms with Crippen molar-refractivity contribution in [1.82, 2.24) is 9.62 Å². The lowest BCUT2D eigenvalue weighted by Gasteiger charge is -2.37. The zero-order valence-corrected chi connectivity index (χ0v) is 25.0. The number of halogens is 1. The van der Waals surface area contributed by atoms with Crippen molar-refractivity contribution in [3.8, 4) is 0 Å². The van der Waals surface area contributed by atoms with Crippen molar-refractivity contribution < 1.29 is 27.1 Å². The molecule has 0 radical (unpaired) electrons. The van der Waals surface area contributed by atoms with Gasteiger partial charge >= 0.3 is 6.09 Å². The van der Waals surface area contributed by atoms with Gasteiger partial charge in [-0.3, -0.25) is 4.79 Å². The van der Waals surface area contributed by atoms with Gasteiger partial charge in [-0.15, -0.1) is 0 Å². The monoisotopic (exact) mass is 562 g/mol. The fraction of sp³-hybridized carbons (Fsp3) is 0.667. The van der Waals surface area contributed by atoms with Gasteiger partial charge in [0.15, 0.2) is 0 Å². The molecule has 1 heterocycles. The first-order valence-electron chi connectivity index (χ1n) is 13.9. The minimum atomic E-state index is -3.87. The van der Waals surface area contributed by atoms with Crippen LogP contribution in [-0.4, -0.2) is 48.2 Å². The first-order chi connectivity index (χ1) is 18.0. The highest BCUT2D eigenvalue weighted by Crippen LogP contribution is 2.70. The molecular formula is C30H43FN2O5S. The molecule has 3 aliphatic rings. The highest BCUT2D eigenvalue weighted by atomic mass is 32.2. The highest BCUT2D eigenvalue weighted by molar-refractivity contribution is 7.90. The van der Waals surface area contributed by atoms with Crippen LogP contribution in [0, 0.1) is 28.6 Å². The SMILES string of the molecule is CC(C)[C@@H](NC(=O)OC(C)(C)C)/C(F)=C/[C@H](Cc1ccccc1)C(=O)N1C2CC3CCC2(CS1(=O)=O)C3(C)C. The molecule has 3 fully saturated rings. The molecule has 2 bridgehead atoms. The van der Waals surface area contributed by atoms with E-state index in [9.17, 15) is 18.0 Å². The van der Waals surface area contributed by atoms with Gasteiger partial charge < -0.3 is 10.1 Å². The maximum Gasteiger partial charge on any atom is 0.408 e. The molecule has 39 heavy (non-hydrogen) atoms. The number of ether oxygens (including phenoxy) is 1. The van der Waals surface area contributed by atoms with Crippen LogP contribution < -0.4 is 5.32 Å². The highest BCUT2D eigenvalue weighted by Gasteiger charge is 2.72. The van der Waals surface area contributed by atoms with Crippen molar-refractivity contribution >= 4 is 22.0 Å². The van der Waals surface area contributed by atoms with Crippen molar-refractivity contribution in [2.75, 3.05) is 5.75 Å². The van der Waals surface area contributed by atoms with Crippen molar-refractivity contribution in [2.45, 2.75) is 91.8 Å². The van der Waals surface area contributed by atoms with E-state index in [1.807, 2.05) is 30.3 Å². The van der Waals surface area contributed by atoms with Crippen LogP contribution in [0.5, 0.6) is 0 Å². The molecule has 1 spiro atoms. The Morgan fingerprint density at radius 2 is 1.85 bits per heavy atom. The summed E-state index contributed by atoms with van der Waals surface area (Å²) >= 11 is 0. The number of hydrogen-bond acceptors (Lipinski definition) is 5.